The number of hydrogen-bond donors (Lipinski definition) is 1. The number of hydrogen-bond acceptors (Lipinski definition) is 4. The fraction of sp³-hybridized carbons (Fsp3) is 0.192. The van der Waals surface area contributed by atoms with E-state index >= 15 is 0 Å². The molecule has 1 N–H and O–H groups in total. The second-order valence-corrected chi connectivity index (χ2v) is 9.42. The minimum Gasteiger partial charge on any atom is -0.350 e. The molecule has 6 nitrogen and oxygen atoms in total. The van der Waals surface area contributed by atoms with Crippen LogP contribution < -0.4 is 5.32 Å². The Hall–Kier alpha value is -3.78. The summed E-state index contributed by atoms with van der Waals surface area (Å²) in [7, 11) is 0. The van der Waals surface area contributed by atoms with Gasteiger partial charge in [0.25, 0.3) is 5.91 Å². The van der Waals surface area contributed by atoms with Gasteiger partial charge in [-0.1, -0.05) is 54.6 Å². The molecule has 34 heavy (non-hydrogen) atoms. The first-order valence-electron chi connectivity index (χ1n) is 10.9. The molecule has 0 fully saturated rings. The third kappa shape index (κ3) is 4.01. The van der Waals surface area contributed by atoms with Crippen LogP contribution >= 0.6 is 11.3 Å². The van der Waals surface area contributed by atoms with E-state index in [1.807, 2.05) is 47.8 Å². The molecule has 0 spiro atoms. The van der Waals surface area contributed by atoms with Gasteiger partial charge in [-0.05, 0) is 36.1 Å². The van der Waals surface area contributed by atoms with Crippen molar-refractivity contribution in [3.63, 3.8) is 0 Å². The molecule has 5 rings (SSSR count). The van der Waals surface area contributed by atoms with Crippen LogP contribution in [0.15, 0.2) is 78.2 Å². The van der Waals surface area contributed by atoms with E-state index in [1.165, 1.54) is 22.3 Å². The summed E-state index contributed by atoms with van der Waals surface area (Å²) >= 11 is 1.53. The fourth-order valence-electron chi connectivity index (χ4n) is 4.20. The quantitative estimate of drug-likeness (QED) is 0.448. The Morgan fingerprint density at radius 2 is 1.88 bits per heavy atom. The van der Waals surface area contributed by atoms with Crippen molar-refractivity contribution in [3.05, 3.63) is 101 Å². The number of halogens is 1. The number of aromatic nitrogens is 2. The van der Waals surface area contributed by atoms with E-state index in [-0.39, 0.29) is 24.9 Å². The second-order valence-electron chi connectivity index (χ2n) is 8.47. The molecule has 0 aliphatic carbocycles. The van der Waals surface area contributed by atoms with Gasteiger partial charge in [0.2, 0.25) is 5.91 Å². The van der Waals surface area contributed by atoms with Gasteiger partial charge < -0.3 is 10.2 Å². The van der Waals surface area contributed by atoms with Crippen molar-refractivity contribution in [2.75, 3.05) is 0 Å². The lowest BCUT2D eigenvalue weighted by molar-refractivity contribution is -0.133. The van der Waals surface area contributed by atoms with E-state index in [1.54, 1.807) is 35.9 Å². The first-order chi connectivity index (χ1) is 16.5. The molecule has 1 aliphatic rings. The predicted molar refractivity (Wildman–Crippen MR) is 129 cm³/mol. The Morgan fingerprint density at radius 1 is 1.12 bits per heavy atom. The summed E-state index contributed by atoms with van der Waals surface area (Å²) in [5.41, 5.74) is 1.09. The summed E-state index contributed by atoms with van der Waals surface area (Å²) in [4.78, 5) is 29.6. The summed E-state index contributed by atoms with van der Waals surface area (Å²) in [5, 5.41) is 9.53. The number of carbonyl (C=O) groups is 2. The van der Waals surface area contributed by atoms with Crippen LogP contribution in [-0.2, 0) is 24.4 Å². The maximum absolute atomic E-state index is 14.5. The molecule has 4 aromatic rings. The van der Waals surface area contributed by atoms with E-state index in [0.29, 0.717) is 23.5 Å². The van der Waals surface area contributed by atoms with Crippen LogP contribution in [-0.4, -0.2) is 32.0 Å². The van der Waals surface area contributed by atoms with Crippen LogP contribution in [0.5, 0.6) is 0 Å². The minimum absolute atomic E-state index is 0.0275. The topological polar surface area (TPSA) is 67.2 Å². The highest BCUT2D eigenvalue weighted by atomic mass is 32.1. The third-order valence-electron chi connectivity index (χ3n) is 6.14. The van der Waals surface area contributed by atoms with Crippen molar-refractivity contribution in [1.82, 2.24) is 20.0 Å². The van der Waals surface area contributed by atoms with Gasteiger partial charge in [-0.3, -0.25) is 14.3 Å². The van der Waals surface area contributed by atoms with E-state index in [4.69, 9.17) is 0 Å². The predicted octanol–water partition coefficient (Wildman–Crippen LogP) is 4.48. The largest absolute Gasteiger partial charge is 0.350 e. The van der Waals surface area contributed by atoms with Crippen molar-refractivity contribution in [1.29, 1.82) is 0 Å². The van der Waals surface area contributed by atoms with E-state index in [0.717, 1.165) is 10.4 Å². The number of fused-ring (bicyclic) bond motifs is 1. The zero-order valence-corrected chi connectivity index (χ0v) is 19.4. The number of nitrogens with one attached hydrogen (secondary N) is 1. The van der Waals surface area contributed by atoms with E-state index in [9.17, 15) is 14.0 Å². The number of amides is 2. The van der Waals surface area contributed by atoms with Gasteiger partial charge in [-0.2, -0.15) is 5.10 Å². The van der Waals surface area contributed by atoms with Crippen LogP contribution in [0, 0.1) is 5.82 Å². The first kappa shape index (κ1) is 22.0. The Balaban J connectivity index is 1.51. The number of nitrogens with zero attached hydrogens (tertiary/aromatic N) is 3. The van der Waals surface area contributed by atoms with Crippen LogP contribution in [0.25, 0.3) is 10.6 Å². The van der Waals surface area contributed by atoms with Crippen molar-refractivity contribution < 1.29 is 14.0 Å². The average molecular weight is 475 g/mol. The number of benzene rings is 2. The van der Waals surface area contributed by atoms with Crippen LogP contribution in [0.2, 0.25) is 0 Å². The summed E-state index contributed by atoms with van der Waals surface area (Å²) < 4.78 is 16.1. The minimum atomic E-state index is -1.26. The smallest absolute Gasteiger partial charge is 0.273 e. The standard InChI is InChI=1S/C26H23FN4O2S/c1-26(25(33)28-15-18-8-3-2-4-9-18)17-31-22(14-21(29-31)23-12-7-13-34-23)24(32)30(26)16-19-10-5-6-11-20(19)27/h2-14H,15-17H2,1H3,(H,28,33)/t26-/m1/s1. The van der Waals surface area contributed by atoms with Crippen molar-refractivity contribution >= 4 is 23.2 Å². The zero-order chi connectivity index (χ0) is 23.7. The Labute approximate surface area is 200 Å². The Morgan fingerprint density at radius 3 is 2.62 bits per heavy atom. The summed E-state index contributed by atoms with van der Waals surface area (Å²) in [6, 6.07) is 21.5. The van der Waals surface area contributed by atoms with Crippen LogP contribution in [0.3, 0.4) is 0 Å². The molecule has 2 aromatic carbocycles. The normalized spacial score (nSPS) is 17.5. The maximum atomic E-state index is 14.5. The maximum Gasteiger partial charge on any atom is 0.273 e. The molecule has 1 aliphatic heterocycles. The van der Waals surface area contributed by atoms with Gasteiger partial charge in [0.05, 0.1) is 18.0 Å². The molecule has 1 atom stereocenters. The van der Waals surface area contributed by atoms with Gasteiger partial charge in [-0.25, -0.2) is 4.39 Å². The molecule has 3 heterocycles. The zero-order valence-electron chi connectivity index (χ0n) is 18.6. The van der Waals surface area contributed by atoms with Crippen LogP contribution in [0.4, 0.5) is 4.39 Å². The molecular formula is C26H23FN4O2S. The fourth-order valence-corrected chi connectivity index (χ4v) is 4.88. The van der Waals surface area contributed by atoms with Gasteiger partial charge in [0.1, 0.15) is 22.7 Å². The Bertz CT molecular complexity index is 1340. The summed E-state index contributed by atoms with van der Waals surface area (Å²) in [5.74, 6) is -1.09. The van der Waals surface area contributed by atoms with Gasteiger partial charge in [-0.15, -0.1) is 11.3 Å². The lowest BCUT2D eigenvalue weighted by atomic mass is 9.94. The molecule has 8 heteroatoms. The number of carbonyl (C=O) groups excluding carboxylic acids is 2. The molecule has 172 valence electrons. The summed E-state index contributed by atoms with van der Waals surface area (Å²) in [6.45, 7) is 2.17. The SMILES string of the molecule is C[C@]1(C(=O)NCc2ccccc2)Cn2nc(-c3cccs3)cc2C(=O)N1Cc1ccccc1F. The monoisotopic (exact) mass is 474 g/mol. The molecular weight excluding hydrogens is 451 g/mol. The number of thiophene rings is 1. The van der Waals surface area contributed by atoms with Gasteiger partial charge in [0, 0.05) is 12.1 Å². The highest BCUT2D eigenvalue weighted by molar-refractivity contribution is 7.13. The third-order valence-corrected chi connectivity index (χ3v) is 7.03. The van der Waals surface area contributed by atoms with Crippen molar-refractivity contribution in [3.8, 4) is 10.6 Å². The lowest BCUT2D eigenvalue weighted by Crippen LogP contribution is -2.63. The van der Waals surface area contributed by atoms with Crippen LogP contribution in [0.1, 0.15) is 28.5 Å². The van der Waals surface area contributed by atoms with Crippen molar-refractivity contribution in [2.45, 2.75) is 32.1 Å². The molecule has 2 aromatic heterocycles. The Kier molecular flexibility index (Phi) is 5.75. The lowest BCUT2D eigenvalue weighted by Gasteiger charge is -2.43. The molecule has 0 saturated carbocycles. The van der Waals surface area contributed by atoms with Gasteiger partial charge >= 0.3 is 0 Å². The summed E-state index contributed by atoms with van der Waals surface area (Å²) in [6.07, 6.45) is 0. The average Bonchev–Trinajstić information content (AvgIpc) is 3.52. The molecule has 0 unspecified atom stereocenters. The number of rotatable bonds is 6. The van der Waals surface area contributed by atoms with Crippen molar-refractivity contribution in [2.24, 2.45) is 0 Å². The molecule has 0 radical (unpaired) electrons. The van der Waals surface area contributed by atoms with E-state index in [2.05, 4.69) is 10.4 Å². The molecule has 2 amide bonds. The highest BCUT2D eigenvalue weighted by Crippen LogP contribution is 2.33. The van der Waals surface area contributed by atoms with Gasteiger partial charge in [0.15, 0.2) is 0 Å². The highest BCUT2D eigenvalue weighted by Gasteiger charge is 2.48. The molecule has 0 saturated heterocycles. The first-order valence-corrected chi connectivity index (χ1v) is 11.8. The second kappa shape index (κ2) is 8.87. The van der Waals surface area contributed by atoms with E-state index < -0.39 is 11.4 Å². The molecule has 0 bridgehead atoms.